The summed E-state index contributed by atoms with van der Waals surface area (Å²) in [6.07, 6.45) is 5.90. The van der Waals surface area contributed by atoms with E-state index >= 15 is 0 Å². The number of nitrogens with zero attached hydrogens (tertiary/aromatic N) is 2. The Hall–Kier alpha value is -1.39. The Morgan fingerprint density at radius 3 is 2.53 bits per heavy atom. The lowest BCUT2D eigenvalue weighted by molar-refractivity contribution is 0.00596. The quantitative estimate of drug-likeness (QED) is 0.833. The van der Waals surface area contributed by atoms with E-state index in [0.717, 1.165) is 30.9 Å². The first-order chi connectivity index (χ1) is 8.90. The summed E-state index contributed by atoms with van der Waals surface area (Å²) in [5.74, 6) is 0.448. The fourth-order valence-corrected chi connectivity index (χ4v) is 3.59. The number of carbonyl (C=O) groups is 1. The molecule has 104 valence electrons. The number of H-pyrrole nitrogens is 1. The largest absolute Gasteiger partial charge is 0.455 e. The number of nitrogens with one attached hydrogen (secondary N) is 1. The number of hydrogen-bond donors (Lipinski definition) is 1. The second-order valence-corrected chi connectivity index (χ2v) is 6.95. The third-order valence-corrected chi connectivity index (χ3v) is 4.38. The molecule has 19 heavy (non-hydrogen) atoms. The molecule has 0 amide bonds. The van der Waals surface area contributed by atoms with Crippen molar-refractivity contribution in [1.82, 2.24) is 15.4 Å². The Morgan fingerprint density at radius 2 is 2.00 bits per heavy atom. The van der Waals surface area contributed by atoms with Crippen molar-refractivity contribution in [3.63, 3.8) is 0 Å². The third kappa shape index (κ3) is 2.15. The van der Waals surface area contributed by atoms with Gasteiger partial charge in [-0.05, 0) is 58.8 Å². The van der Waals surface area contributed by atoms with Crippen LogP contribution in [0, 0.1) is 5.92 Å². The number of hydrogen-bond acceptors (Lipinski definition) is 4. The molecular weight excluding hydrogens is 242 g/mol. The first kappa shape index (κ1) is 12.6. The van der Waals surface area contributed by atoms with E-state index in [1.807, 2.05) is 20.8 Å². The highest BCUT2D eigenvalue weighted by molar-refractivity contribution is 5.89. The van der Waals surface area contributed by atoms with E-state index in [9.17, 15) is 4.79 Å². The van der Waals surface area contributed by atoms with Crippen LogP contribution in [0.15, 0.2) is 0 Å². The van der Waals surface area contributed by atoms with Crippen molar-refractivity contribution in [3.8, 4) is 0 Å². The summed E-state index contributed by atoms with van der Waals surface area (Å²) in [6, 6.07) is 0. The lowest BCUT2D eigenvalue weighted by Gasteiger charge is -2.25. The zero-order valence-corrected chi connectivity index (χ0v) is 11.8. The molecule has 1 aromatic heterocycles. The zero-order valence-electron chi connectivity index (χ0n) is 11.8. The minimum absolute atomic E-state index is 0.0733. The summed E-state index contributed by atoms with van der Waals surface area (Å²) in [5, 5.41) is 10.9. The third-order valence-electron chi connectivity index (χ3n) is 4.38. The summed E-state index contributed by atoms with van der Waals surface area (Å²) in [7, 11) is 0. The van der Waals surface area contributed by atoms with E-state index in [0.29, 0.717) is 5.69 Å². The van der Waals surface area contributed by atoms with Gasteiger partial charge in [0.25, 0.3) is 0 Å². The van der Waals surface area contributed by atoms with Gasteiger partial charge < -0.3 is 4.74 Å². The van der Waals surface area contributed by atoms with E-state index in [-0.39, 0.29) is 11.4 Å². The predicted octanol–water partition coefficient (Wildman–Crippen LogP) is 2.59. The molecule has 1 heterocycles. The number of fused-ring (bicyclic) bond motifs is 2. The maximum Gasteiger partial charge on any atom is 0.361 e. The van der Waals surface area contributed by atoms with Crippen molar-refractivity contribution in [3.05, 3.63) is 11.4 Å². The van der Waals surface area contributed by atoms with Gasteiger partial charge in [0.1, 0.15) is 11.3 Å². The van der Waals surface area contributed by atoms with Crippen molar-refractivity contribution < 1.29 is 9.53 Å². The van der Waals surface area contributed by atoms with E-state index < -0.39 is 5.60 Å². The molecule has 1 aromatic rings. The molecule has 2 saturated carbocycles. The van der Waals surface area contributed by atoms with Crippen LogP contribution in [0.25, 0.3) is 0 Å². The lowest BCUT2D eigenvalue weighted by Crippen LogP contribution is -2.28. The highest BCUT2D eigenvalue weighted by Gasteiger charge is 2.49. The van der Waals surface area contributed by atoms with Crippen molar-refractivity contribution in [1.29, 1.82) is 0 Å². The molecule has 0 aliphatic heterocycles. The number of rotatable bonds is 2. The summed E-state index contributed by atoms with van der Waals surface area (Å²) in [5.41, 5.74) is 0.794. The second-order valence-electron chi connectivity index (χ2n) is 6.95. The number of esters is 1. The van der Waals surface area contributed by atoms with E-state index in [2.05, 4.69) is 15.4 Å². The van der Waals surface area contributed by atoms with Crippen molar-refractivity contribution >= 4 is 5.97 Å². The van der Waals surface area contributed by atoms with Gasteiger partial charge in [0, 0.05) is 5.41 Å². The van der Waals surface area contributed by atoms with Crippen LogP contribution in [0.5, 0.6) is 0 Å². The molecule has 5 heteroatoms. The molecule has 2 aliphatic rings. The number of carbonyl (C=O) groups excluding carboxylic acids is 1. The lowest BCUT2D eigenvalue weighted by atomic mass is 9.80. The number of aromatic amines is 1. The molecule has 0 atom stereocenters. The van der Waals surface area contributed by atoms with Gasteiger partial charge in [-0.15, -0.1) is 5.10 Å². The van der Waals surface area contributed by atoms with Gasteiger partial charge in [-0.1, -0.05) is 0 Å². The SMILES string of the molecule is CC(C)(C)OC(=O)c1n[nH]nc1C12CCC(CC1)C2. The highest BCUT2D eigenvalue weighted by Crippen LogP contribution is 2.55. The average molecular weight is 263 g/mol. The highest BCUT2D eigenvalue weighted by atomic mass is 16.6. The summed E-state index contributed by atoms with van der Waals surface area (Å²) >= 11 is 0. The van der Waals surface area contributed by atoms with Crippen molar-refractivity contribution in [2.45, 2.75) is 63.9 Å². The number of ether oxygens (including phenoxy) is 1. The molecule has 0 aromatic carbocycles. The van der Waals surface area contributed by atoms with Crippen LogP contribution in [0.4, 0.5) is 0 Å². The molecule has 5 nitrogen and oxygen atoms in total. The first-order valence-corrected chi connectivity index (χ1v) is 7.04. The minimum Gasteiger partial charge on any atom is -0.455 e. The predicted molar refractivity (Wildman–Crippen MR) is 69.8 cm³/mol. The average Bonchev–Trinajstić information content (AvgIpc) is 3.02. The van der Waals surface area contributed by atoms with Crippen LogP contribution in [-0.4, -0.2) is 27.0 Å². The summed E-state index contributed by atoms with van der Waals surface area (Å²) < 4.78 is 5.42. The van der Waals surface area contributed by atoms with Crippen LogP contribution < -0.4 is 0 Å². The fraction of sp³-hybridized carbons (Fsp3) is 0.786. The van der Waals surface area contributed by atoms with E-state index in [1.165, 1.54) is 12.8 Å². The zero-order chi connectivity index (χ0) is 13.7. The fourth-order valence-electron chi connectivity index (χ4n) is 3.59. The van der Waals surface area contributed by atoms with E-state index in [1.54, 1.807) is 0 Å². The van der Waals surface area contributed by atoms with Gasteiger partial charge in [-0.3, -0.25) is 0 Å². The minimum atomic E-state index is -0.501. The van der Waals surface area contributed by atoms with Crippen LogP contribution in [0.1, 0.15) is 69.1 Å². The summed E-state index contributed by atoms with van der Waals surface area (Å²) in [4.78, 5) is 12.2. The molecule has 1 N–H and O–H groups in total. The van der Waals surface area contributed by atoms with Gasteiger partial charge >= 0.3 is 5.97 Å². The molecular formula is C14H21N3O2. The number of aromatic nitrogens is 3. The Balaban J connectivity index is 1.89. The van der Waals surface area contributed by atoms with Crippen LogP contribution >= 0.6 is 0 Å². The Bertz CT molecular complexity index is 493. The van der Waals surface area contributed by atoms with Gasteiger partial charge in [0.2, 0.25) is 0 Å². The molecule has 2 fully saturated rings. The van der Waals surface area contributed by atoms with Gasteiger partial charge in [-0.2, -0.15) is 10.3 Å². The molecule has 0 saturated heterocycles. The van der Waals surface area contributed by atoms with Gasteiger partial charge in [-0.25, -0.2) is 4.79 Å². The van der Waals surface area contributed by atoms with Crippen molar-refractivity contribution in [2.24, 2.45) is 5.92 Å². The monoisotopic (exact) mass is 263 g/mol. The summed E-state index contributed by atoms with van der Waals surface area (Å²) in [6.45, 7) is 5.60. The molecule has 0 radical (unpaired) electrons. The molecule has 2 aliphatic carbocycles. The first-order valence-electron chi connectivity index (χ1n) is 7.04. The van der Waals surface area contributed by atoms with Crippen LogP contribution in [0.2, 0.25) is 0 Å². The molecule has 0 spiro atoms. The van der Waals surface area contributed by atoms with Gasteiger partial charge in [0.15, 0.2) is 5.69 Å². The van der Waals surface area contributed by atoms with E-state index in [4.69, 9.17) is 4.74 Å². The molecule has 3 rings (SSSR count). The van der Waals surface area contributed by atoms with Crippen LogP contribution in [-0.2, 0) is 10.2 Å². The molecule has 2 bridgehead atoms. The Labute approximate surface area is 113 Å². The van der Waals surface area contributed by atoms with Crippen molar-refractivity contribution in [2.75, 3.05) is 0 Å². The smallest absolute Gasteiger partial charge is 0.361 e. The molecule has 0 unspecified atom stereocenters. The van der Waals surface area contributed by atoms with Gasteiger partial charge in [0.05, 0.1) is 0 Å². The maximum absolute atomic E-state index is 12.2. The van der Waals surface area contributed by atoms with Crippen LogP contribution in [0.3, 0.4) is 0 Å². The Kier molecular flexibility index (Phi) is 2.69. The Morgan fingerprint density at radius 1 is 1.32 bits per heavy atom. The normalized spacial score (nSPS) is 29.7. The second kappa shape index (κ2) is 4.05. The standard InChI is InChI=1S/C14H21N3O2/c1-13(2,3)19-12(18)10-11(16-17-15-10)14-6-4-9(8-14)5-7-14/h9H,4-8H2,1-3H3,(H,15,16,17). The topological polar surface area (TPSA) is 67.9 Å². The maximum atomic E-state index is 12.2.